The summed E-state index contributed by atoms with van der Waals surface area (Å²) >= 11 is 0. The first-order chi connectivity index (χ1) is 11.8. The molecule has 0 amide bonds. The molecule has 2 heterocycles. The summed E-state index contributed by atoms with van der Waals surface area (Å²) in [5, 5.41) is 3.59. The number of nitrogens with zero attached hydrogens (tertiary/aromatic N) is 3. The molecule has 24 heavy (non-hydrogen) atoms. The van der Waals surface area contributed by atoms with Crippen LogP contribution in [-0.2, 0) is 0 Å². The van der Waals surface area contributed by atoms with Crippen molar-refractivity contribution < 1.29 is 0 Å². The van der Waals surface area contributed by atoms with Crippen molar-refractivity contribution in [3.63, 3.8) is 0 Å². The smallest absolute Gasteiger partial charge is 0.193 e. The minimum absolute atomic E-state index is 0.653. The van der Waals surface area contributed by atoms with E-state index in [9.17, 15) is 0 Å². The molecule has 4 nitrogen and oxygen atoms in total. The van der Waals surface area contributed by atoms with E-state index < -0.39 is 0 Å². The van der Waals surface area contributed by atoms with E-state index in [2.05, 4.69) is 63.6 Å². The van der Waals surface area contributed by atoms with Crippen molar-refractivity contribution in [2.75, 3.05) is 40.3 Å². The molecule has 0 aromatic heterocycles. The first-order valence-electron chi connectivity index (χ1n) is 9.16. The minimum Gasteiger partial charge on any atom is -0.355 e. The average molecular weight is 326 g/mol. The summed E-state index contributed by atoms with van der Waals surface area (Å²) in [7, 11) is 4.12. The number of hydrogen-bond donors (Lipinski definition) is 1. The number of benzene rings is 1. The fourth-order valence-electron chi connectivity index (χ4n) is 3.71. The maximum Gasteiger partial charge on any atom is 0.193 e. The minimum atomic E-state index is 0.653. The molecule has 130 valence electrons. The second-order valence-corrected chi connectivity index (χ2v) is 6.91. The largest absolute Gasteiger partial charge is 0.355 e. The summed E-state index contributed by atoms with van der Waals surface area (Å²) < 4.78 is 0. The lowest BCUT2D eigenvalue weighted by Crippen LogP contribution is -2.48. The van der Waals surface area contributed by atoms with Gasteiger partial charge in [0, 0.05) is 32.7 Å². The Morgan fingerprint density at radius 2 is 1.96 bits per heavy atom. The average Bonchev–Trinajstić information content (AvgIpc) is 3.03. The number of rotatable bonds is 3. The molecule has 1 aromatic carbocycles. The molecule has 0 bridgehead atoms. The van der Waals surface area contributed by atoms with Gasteiger partial charge in [0.05, 0.1) is 0 Å². The van der Waals surface area contributed by atoms with Gasteiger partial charge in [-0.15, -0.1) is 0 Å². The highest BCUT2D eigenvalue weighted by Gasteiger charge is 2.22. The lowest BCUT2D eigenvalue weighted by Gasteiger charge is -2.32. The van der Waals surface area contributed by atoms with Gasteiger partial charge in [0.1, 0.15) is 0 Å². The molecule has 0 radical (unpaired) electrons. The molecule has 2 aliphatic rings. The monoisotopic (exact) mass is 326 g/mol. The molecule has 1 atom stereocenters. The van der Waals surface area contributed by atoms with Crippen LogP contribution in [0.5, 0.6) is 0 Å². The van der Waals surface area contributed by atoms with Gasteiger partial charge in [-0.2, -0.15) is 0 Å². The normalized spacial score (nSPS) is 22.8. The van der Waals surface area contributed by atoms with Crippen LogP contribution in [0.4, 0.5) is 0 Å². The van der Waals surface area contributed by atoms with Gasteiger partial charge in [0.2, 0.25) is 0 Å². The van der Waals surface area contributed by atoms with Gasteiger partial charge < -0.3 is 15.1 Å². The van der Waals surface area contributed by atoms with E-state index in [1.165, 1.54) is 24.9 Å². The molecule has 0 spiro atoms. The van der Waals surface area contributed by atoms with Crippen molar-refractivity contribution in [3.05, 3.63) is 41.5 Å². The molecule has 1 unspecified atom stereocenters. The predicted molar refractivity (Wildman–Crippen MR) is 102 cm³/mol. The topological polar surface area (TPSA) is 30.9 Å². The summed E-state index contributed by atoms with van der Waals surface area (Å²) in [4.78, 5) is 9.36. The summed E-state index contributed by atoms with van der Waals surface area (Å²) in [5.41, 5.74) is 2.86. The zero-order valence-electron chi connectivity index (χ0n) is 15.0. The third-order valence-corrected chi connectivity index (χ3v) is 5.25. The molecule has 1 N–H and O–H groups in total. The molecule has 2 saturated heterocycles. The quantitative estimate of drug-likeness (QED) is 0.684. The van der Waals surface area contributed by atoms with Crippen LogP contribution in [-0.4, -0.2) is 62.1 Å². The van der Waals surface area contributed by atoms with E-state index in [-0.39, 0.29) is 0 Å². The van der Waals surface area contributed by atoms with Gasteiger partial charge in [-0.25, -0.2) is 0 Å². The zero-order chi connectivity index (χ0) is 16.8. The van der Waals surface area contributed by atoms with Crippen LogP contribution >= 0.6 is 0 Å². The summed E-state index contributed by atoms with van der Waals surface area (Å²) in [6.07, 6.45) is 7.21. The van der Waals surface area contributed by atoms with E-state index in [4.69, 9.17) is 0 Å². The van der Waals surface area contributed by atoms with Crippen molar-refractivity contribution in [1.82, 2.24) is 15.1 Å². The maximum absolute atomic E-state index is 4.50. The van der Waals surface area contributed by atoms with Gasteiger partial charge >= 0.3 is 0 Å². The van der Waals surface area contributed by atoms with Gasteiger partial charge in [0.25, 0.3) is 0 Å². The Labute approximate surface area is 146 Å². The third kappa shape index (κ3) is 4.38. The number of likely N-dealkylation sites (tertiary alicyclic amines) is 2. The Morgan fingerprint density at radius 1 is 1.21 bits per heavy atom. The zero-order valence-corrected chi connectivity index (χ0v) is 15.0. The molecule has 4 heteroatoms. The molecule has 1 aromatic rings. The van der Waals surface area contributed by atoms with Gasteiger partial charge in [0.15, 0.2) is 5.96 Å². The molecular weight excluding hydrogens is 296 g/mol. The third-order valence-electron chi connectivity index (χ3n) is 5.25. The van der Waals surface area contributed by atoms with Crippen molar-refractivity contribution in [2.24, 2.45) is 4.99 Å². The fourth-order valence-corrected chi connectivity index (χ4v) is 3.71. The predicted octanol–water partition coefficient (Wildman–Crippen LogP) is 2.84. The van der Waals surface area contributed by atoms with Crippen LogP contribution in [0.2, 0.25) is 0 Å². The number of aliphatic imine (C=N–C) groups is 1. The fraction of sp³-hybridized carbons (Fsp3) is 0.550. The number of guanidine groups is 1. The first kappa shape index (κ1) is 17.0. The van der Waals surface area contributed by atoms with Gasteiger partial charge in [-0.1, -0.05) is 42.0 Å². The van der Waals surface area contributed by atoms with E-state index in [1.807, 2.05) is 7.05 Å². The number of likely N-dealkylation sites (N-methyl/N-ethyl adjacent to an activating group) is 1. The summed E-state index contributed by atoms with van der Waals surface area (Å²) in [5.74, 6) is 1.06. The summed E-state index contributed by atoms with van der Waals surface area (Å²) in [6, 6.07) is 11.3. The van der Waals surface area contributed by atoms with Crippen LogP contribution in [0.3, 0.4) is 0 Å². The lowest BCUT2D eigenvalue weighted by atomic mass is 10.0. The molecule has 0 saturated carbocycles. The number of hydrogen-bond acceptors (Lipinski definition) is 2. The van der Waals surface area contributed by atoms with Crippen molar-refractivity contribution in [3.8, 4) is 0 Å². The molecule has 2 fully saturated rings. The van der Waals surface area contributed by atoms with Crippen LogP contribution < -0.4 is 5.32 Å². The Hall–Kier alpha value is -1.81. The van der Waals surface area contributed by atoms with Gasteiger partial charge in [-0.3, -0.25) is 4.99 Å². The highest BCUT2D eigenvalue weighted by molar-refractivity contribution is 5.80. The van der Waals surface area contributed by atoms with E-state index in [0.717, 1.165) is 38.4 Å². The first-order valence-corrected chi connectivity index (χ1v) is 9.16. The Kier molecular flexibility index (Phi) is 5.91. The molecular formula is C20H30N4. The number of nitrogens with one attached hydrogen (secondary N) is 1. The SMILES string of the molecule is CN=C(NCC1CCCN1C)N1CCC(=Cc2ccccc2)CC1. The molecule has 0 aliphatic carbocycles. The standard InChI is InChI=1S/C20H30N4/c1-21-20(22-16-19-9-6-12-23(19)2)24-13-10-18(11-14-24)15-17-7-4-3-5-8-17/h3-5,7-8,15,19H,6,9-14,16H2,1-2H3,(H,21,22). The molecule has 2 aliphatic heterocycles. The van der Waals surface area contributed by atoms with Crippen molar-refractivity contribution in [2.45, 2.75) is 31.7 Å². The molecule has 3 rings (SSSR count). The Balaban J connectivity index is 1.50. The van der Waals surface area contributed by atoms with Crippen molar-refractivity contribution >= 4 is 12.0 Å². The highest BCUT2D eigenvalue weighted by Crippen LogP contribution is 2.20. The maximum atomic E-state index is 4.50. The summed E-state index contributed by atoms with van der Waals surface area (Å²) in [6.45, 7) is 4.34. The second-order valence-electron chi connectivity index (χ2n) is 6.91. The Bertz CT molecular complexity index is 569. The van der Waals surface area contributed by atoms with Crippen LogP contribution in [0.1, 0.15) is 31.2 Å². The lowest BCUT2D eigenvalue weighted by molar-refractivity contribution is 0.303. The highest BCUT2D eigenvalue weighted by atomic mass is 15.3. The van der Waals surface area contributed by atoms with E-state index >= 15 is 0 Å². The second kappa shape index (κ2) is 8.34. The van der Waals surface area contributed by atoms with Crippen LogP contribution in [0.15, 0.2) is 40.9 Å². The van der Waals surface area contributed by atoms with E-state index in [1.54, 1.807) is 5.57 Å². The van der Waals surface area contributed by atoms with Crippen LogP contribution in [0, 0.1) is 0 Å². The van der Waals surface area contributed by atoms with E-state index in [0.29, 0.717) is 6.04 Å². The number of piperidine rings is 1. The van der Waals surface area contributed by atoms with Gasteiger partial charge in [-0.05, 0) is 44.8 Å². The van der Waals surface area contributed by atoms with Crippen LogP contribution in [0.25, 0.3) is 6.08 Å². The van der Waals surface area contributed by atoms with Crippen molar-refractivity contribution in [1.29, 1.82) is 0 Å². The Morgan fingerprint density at radius 3 is 2.58 bits per heavy atom.